The summed E-state index contributed by atoms with van der Waals surface area (Å²) in [6, 6.07) is 5.80. The summed E-state index contributed by atoms with van der Waals surface area (Å²) in [6.45, 7) is 0.545. The third kappa shape index (κ3) is 3.49. The fourth-order valence-electron chi connectivity index (χ4n) is 2.38. The number of aromatic nitrogens is 2. The summed E-state index contributed by atoms with van der Waals surface area (Å²) in [7, 11) is 0. The van der Waals surface area contributed by atoms with E-state index in [1.807, 2.05) is 0 Å². The molecule has 0 bridgehead atoms. The van der Waals surface area contributed by atoms with E-state index in [2.05, 4.69) is 9.72 Å². The number of halogens is 4. The van der Waals surface area contributed by atoms with Gasteiger partial charge in [0.25, 0.3) is 5.88 Å². The van der Waals surface area contributed by atoms with Gasteiger partial charge in [-0.3, -0.25) is 4.57 Å². The zero-order valence-electron chi connectivity index (χ0n) is 12.9. The molecule has 5 nitrogen and oxygen atoms in total. The van der Waals surface area contributed by atoms with Gasteiger partial charge in [0.1, 0.15) is 0 Å². The molecule has 0 aliphatic rings. The number of hydrogen-bond donors (Lipinski definition) is 0. The summed E-state index contributed by atoms with van der Waals surface area (Å²) in [5.74, 6) is -2.24. The average Bonchev–Trinajstić information content (AvgIpc) is 2.86. The van der Waals surface area contributed by atoms with Crippen LogP contribution in [-0.4, -0.2) is 22.3 Å². The molecule has 0 spiro atoms. The number of oxazole rings is 1. The fraction of sp³-hybridized carbons (Fsp3) is 0.250. The van der Waals surface area contributed by atoms with E-state index in [0.29, 0.717) is 28.8 Å². The molecule has 3 rings (SSSR count). The summed E-state index contributed by atoms with van der Waals surface area (Å²) in [5.41, 5.74) is 1.77. The van der Waals surface area contributed by atoms with E-state index in [1.165, 1.54) is 10.8 Å². The van der Waals surface area contributed by atoms with Crippen LogP contribution >= 0.6 is 0 Å². The molecule has 1 aromatic carbocycles. The van der Waals surface area contributed by atoms with Crippen molar-refractivity contribution in [2.45, 2.75) is 19.6 Å². The first-order chi connectivity index (χ1) is 11.8. The molecule has 0 saturated carbocycles. The smallest absolute Gasteiger partial charge is 0.422 e. The van der Waals surface area contributed by atoms with Gasteiger partial charge in [0.2, 0.25) is 0 Å². The van der Waals surface area contributed by atoms with E-state index in [4.69, 9.17) is 4.42 Å². The summed E-state index contributed by atoms with van der Waals surface area (Å²) >= 11 is 0. The Bertz CT molecular complexity index is 976. The molecule has 0 unspecified atom stereocenters. The first-order valence-electron chi connectivity index (χ1n) is 7.27. The van der Waals surface area contributed by atoms with Crippen molar-refractivity contribution in [3.8, 4) is 17.0 Å². The Kier molecular flexibility index (Phi) is 4.23. The number of aryl methyl sites for hydroxylation is 1. The van der Waals surface area contributed by atoms with E-state index in [0.717, 1.165) is 6.07 Å². The lowest BCUT2D eigenvalue weighted by atomic mass is 10.1. The second-order valence-electron chi connectivity index (χ2n) is 5.21. The van der Waals surface area contributed by atoms with E-state index < -0.39 is 30.2 Å². The lowest BCUT2D eigenvalue weighted by Crippen LogP contribution is -2.20. The monoisotopic (exact) mass is 356 g/mol. The van der Waals surface area contributed by atoms with Crippen LogP contribution in [0.4, 0.5) is 17.6 Å². The molecule has 0 amide bonds. The number of ether oxygens (including phenoxy) is 1. The van der Waals surface area contributed by atoms with Crippen molar-refractivity contribution in [3.63, 3.8) is 0 Å². The Morgan fingerprint density at radius 1 is 1.24 bits per heavy atom. The SMILES string of the molecule is CCn1c(=O)oc2ccc(-c3cnc(OCC(F)(F)F)c(F)c3)cc21. The van der Waals surface area contributed by atoms with Gasteiger partial charge in [-0.1, -0.05) is 6.07 Å². The fourth-order valence-corrected chi connectivity index (χ4v) is 2.38. The van der Waals surface area contributed by atoms with Gasteiger partial charge >= 0.3 is 11.9 Å². The first kappa shape index (κ1) is 17.0. The molecule has 3 aromatic rings. The maximum atomic E-state index is 13.9. The van der Waals surface area contributed by atoms with Crippen LogP contribution in [0.25, 0.3) is 22.2 Å². The Morgan fingerprint density at radius 3 is 2.64 bits per heavy atom. The summed E-state index contributed by atoms with van der Waals surface area (Å²) in [5, 5.41) is 0. The van der Waals surface area contributed by atoms with Gasteiger partial charge in [0, 0.05) is 18.3 Å². The molecule has 9 heteroatoms. The highest BCUT2D eigenvalue weighted by atomic mass is 19.4. The highest BCUT2D eigenvalue weighted by Crippen LogP contribution is 2.27. The van der Waals surface area contributed by atoms with Gasteiger partial charge in [-0.25, -0.2) is 14.2 Å². The van der Waals surface area contributed by atoms with Crippen molar-refractivity contribution >= 4 is 11.1 Å². The number of pyridine rings is 1. The average molecular weight is 356 g/mol. The third-order valence-electron chi connectivity index (χ3n) is 3.50. The van der Waals surface area contributed by atoms with Crippen molar-refractivity contribution in [2.75, 3.05) is 6.61 Å². The standard InChI is InChI=1S/C16H12F4N2O3/c1-2-22-12-6-9(3-4-13(12)25-15(22)23)10-5-11(17)14(21-7-10)24-8-16(18,19)20/h3-7H,2,8H2,1H3. The van der Waals surface area contributed by atoms with Gasteiger partial charge in [0.05, 0.1) is 5.52 Å². The van der Waals surface area contributed by atoms with Gasteiger partial charge in [-0.15, -0.1) is 0 Å². The van der Waals surface area contributed by atoms with Gasteiger partial charge in [-0.05, 0) is 30.7 Å². The maximum Gasteiger partial charge on any atom is 0.422 e. The van der Waals surface area contributed by atoms with Crippen molar-refractivity contribution in [1.82, 2.24) is 9.55 Å². The second kappa shape index (κ2) is 6.23. The number of fused-ring (bicyclic) bond motifs is 1. The topological polar surface area (TPSA) is 57.3 Å². The largest absolute Gasteiger partial charge is 0.466 e. The molecule has 0 N–H and O–H groups in total. The van der Waals surface area contributed by atoms with Crippen LogP contribution in [0.15, 0.2) is 39.7 Å². The van der Waals surface area contributed by atoms with E-state index in [1.54, 1.807) is 25.1 Å². The van der Waals surface area contributed by atoms with Crippen LogP contribution < -0.4 is 10.5 Å². The van der Waals surface area contributed by atoms with Crippen LogP contribution in [0.1, 0.15) is 6.92 Å². The normalized spacial score (nSPS) is 11.9. The molecule has 2 aromatic heterocycles. The number of nitrogens with zero attached hydrogens (tertiary/aromatic N) is 2. The van der Waals surface area contributed by atoms with Crippen LogP contribution in [0.3, 0.4) is 0 Å². The van der Waals surface area contributed by atoms with Crippen molar-refractivity contribution in [1.29, 1.82) is 0 Å². The zero-order chi connectivity index (χ0) is 18.2. The maximum absolute atomic E-state index is 13.9. The van der Waals surface area contributed by atoms with E-state index in [9.17, 15) is 22.4 Å². The highest BCUT2D eigenvalue weighted by molar-refractivity contribution is 5.80. The molecule has 0 atom stereocenters. The summed E-state index contributed by atoms with van der Waals surface area (Å²) in [6.07, 6.45) is -3.38. The molecule has 2 heterocycles. The third-order valence-corrected chi connectivity index (χ3v) is 3.50. The second-order valence-corrected chi connectivity index (χ2v) is 5.21. The van der Waals surface area contributed by atoms with E-state index in [-0.39, 0.29) is 0 Å². The number of hydrogen-bond acceptors (Lipinski definition) is 4. The Hall–Kier alpha value is -2.84. The van der Waals surface area contributed by atoms with Crippen LogP contribution in [0.2, 0.25) is 0 Å². The quantitative estimate of drug-likeness (QED) is 0.668. The number of benzene rings is 1. The van der Waals surface area contributed by atoms with Gasteiger partial charge < -0.3 is 9.15 Å². The molecule has 0 radical (unpaired) electrons. The predicted octanol–water partition coefficient (Wildman–Crippen LogP) is 3.76. The van der Waals surface area contributed by atoms with Crippen LogP contribution in [0.5, 0.6) is 5.88 Å². The Balaban J connectivity index is 1.95. The van der Waals surface area contributed by atoms with Crippen LogP contribution in [0, 0.1) is 5.82 Å². The highest BCUT2D eigenvalue weighted by Gasteiger charge is 2.29. The van der Waals surface area contributed by atoms with Crippen molar-refractivity contribution in [2.24, 2.45) is 0 Å². The predicted molar refractivity (Wildman–Crippen MR) is 80.9 cm³/mol. The molecule has 0 saturated heterocycles. The molecule has 0 aliphatic carbocycles. The molecular formula is C16H12F4N2O3. The first-order valence-corrected chi connectivity index (χ1v) is 7.27. The molecule has 132 valence electrons. The van der Waals surface area contributed by atoms with Crippen molar-refractivity contribution in [3.05, 3.63) is 46.8 Å². The summed E-state index contributed by atoms with van der Waals surface area (Å²) in [4.78, 5) is 15.3. The van der Waals surface area contributed by atoms with Gasteiger partial charge in [-0.2, -0.15) is 13.2 Å². The lowest BCUT2D eigenvalue weighted by Gasteiger charge is -2.10. The molecule has 25 heavy (non-hydrogen) atoms. The Labute approximate surface area is 138 Å². The molecular weight excluding hydrogens is 344 g/mol. The minimum Gasteiger partial charge on any atom is -0.466 e. The molecule has 0 aliphatic heterocycles. The Morgan fingerprint density at radius 2 is 2.00 bits per heavy atom. The van der Waals surface area contributed by atoms with E-state index >= 15 is 0 Å². The van der Waals surface area contributed by atoms with Crippen LogP contribution in [-0.2, 0) is 6.54 Å². The molecule has 0 fully saturated rings. The number of rotatable bonds is 4. The summed E-state index contributed by atoms with van der Waals surface area (Å²) < 4.78 is 61.1. The van der Waals surface area contributed by atoms with Gasteiger partial charge in [0.15, 0.2) is 18.0 Å². The number of alkyl halides is 3. The minimum atomic E-state index is -4.58. The minimum absolute atomic E-state index is 0.329. The van der Waals surface area contributed by atoms with Crippen molar-refractivity contribution < 1.29 is 26.7 Å². The lowest BCUT2D eigenvalue weighted by molar-refractivity contribution is -0.154. The zero-order valence-corrected chi connectivity index (χ0v) is 12.9.